The number of nitrogens with zero attached hydrogens (tertiary/aromatic N) is 1. The summed E-state index contributed by atoms with van der Waals surface area (Å²) in [4.78, 5) is 13.0. The number of hydrogen-bond donors (Lipinski definition) is 1. The lowest BCUT2D eigenvalue weighted by molar-refractivity contribution is -0.143. The first kappa shape index (κ1) is 15.3. The first-order valence-corrected chi connectivity index (χ1v) is 6.53. The Balaban J connectivity index is 2.94. The van der Waals surface area contributed by atoms with Gasteiger partial charge in [0, 0.05) is 6.04 Å². The number of aliphatic carboxylic acids is 1. The molecule has 0 heterocycles. The summed E-state index contributed by atoms with van der Waals surface area (Å²) in [6.45, 7) is 3.81. The van der Waals surface area contributed by atoms with E-state index < -0.39 is 12.0 Å². The van der Waals surface area contributed by atoms with Crippen LogP contribution >= 0.6 is 23.2 Å². The number of benzene rings is 1. The van der Waals surface area contributed by atoms with Gasteiger partial charge in [0.15, 0.2) is 0 Å². The topological polar surface area (TPSA) is 40.5 Å². The van der Waals surface area contributed by atoms with Crippen molar-refractivity contribution in [1.82, 2.24) is 4.90 Å². The van der Waals surface area contributed by atoms with Gasteiger partial charge >= 0.3 is 5.97 Å². The maximum absolute atomic E-state index is 11.1. The van der Waals surface area contributed by atoms with Crippen molar-refractivity contribution in [3.63, 3.8) is 0 Å². The van der Waals surface area contributed by atoms with E-state index in [4.69, 9.17) is 28.3 Å². The largest absolute Gasteiger partial charge is 0.480 e. The van der Waals surface area contributed by atoms with E-state index in [-0.39, 0.29) is 6.04 Å². The number of carboxylic acid groups (broad SMARTS) is 1. The summed E-state index contributed by atoms with van der Waals surface area (Å²) in [6.07, 6.45) is 0.553. The number of carboxylic acids is 1. The quantitative estimate of drug-likeness (QED) is 0.895. The van der Waals surface area contributed by atoms with Gasteiger partial charge in [-0.2, -0.15) is 0 Å². The third-order valence-electron chi connectivity index (χ3n) is 3.20. The SMILES string of the molecule is CCC(C(=O)O)N(C)C(C)c1ccc(Cl)c(Cl)c1. The van der Waals surface area contributed by atoms with Crippen LogP contribution in [0.15, 0.2) is 18.2 Å². The molecule has 0 saturated carbocycles. The van der Waals surface area contributed by atoms with Crippen molar-refractivity contribution in [2.75, 3.05) is 7.05 Å². The molecule has 0 spiro atoms. The highest BCUT2D eigenvalue weighted by Gasteiger charge is 2.25. The molecular weight excluding hydrogens is 273 g/mol. The average molecular weight is 290 g/mol. The van der Waals surface area contributed by atoms with Crippen molar-refractivity contribution in [1.29, 1.82) is 0 Å². The molecule has 0 aromatic heterocycles. The first-order valence-electron chi connectivity index (χ1n) is 5.78. The van der Waals surface area contributed by atoms with Crippen LogP contribution in [0.1, 0.15) is 31.9 Å². The molecule has 1 N–H and O–H groups in total. The second kappa shape index (κ2) is 6.41. The van der Waals surface area contributed by atoms with Crippen LogP contribution in [0.25, 0.3) is 0 Å². The van der Waals surface area contributed by atoms with Crippen LogP contribution in [0.3, 0.4) is 0 Å². The van der Waals surface area contributed by atoms with E-state index in [0.29, 0.717) is 16.5 Å². The summed E-state index contributed by atoms with van der Waals surface area (Å²) < 4.78 is 0. The monoisotopic (exact) mass is 289 g/mol. The van der Waals surface area contributed by atoms with Gasteiger partial charge in [0.1, 0.15) is 6.04 Å². The molecule has 1 aromatic carbocycles. The van der Waals surface area contributed by atoms with Gasteiger partial charge in [-0.25, -0.2) is 0 Å². The highest BCUT2D eigenvalue weighted by Crippen LogP contribution is 2.28. The minimum atomic E-state index is -0.813. The molecule has 0 bridgehead atoms. The predicted octanol–water partition coefficient (Wildman–Crippen LogP) is 3.85. The summed E-state index contributed by atoms with van der Waals surface area (Å²) in [5, 5.41) is 10.1. The molecule has 0 amide bonds. The molecule has 2 unspecified atom stereocenters. The normalized spacial score (nSPS) is 14.6. The zero-order valence-corrected chi connectivity index (χ0v) is 12.2. The Morgan fingerprint density at radius 3 is 2.44 bits per heavy atom. The molecule has 0 saturated heterocycles. The van der Waals surface area contributed by atoms with Crippen LogP contribution in [-0.4, -0.2) is 29.1 Å². The van der Waals surface area contributed by atoms with Crippen LogP contribution in [-0.2, 0) is 4.79 Å². The molecule has 1 aromatic rings. The summed E-state index contributed by atoms with van der Waals surface area (Å²) in [7, 11) is 1.80. The van der Waals surface area contributed by atoms with Gasteiger partial charge in [0.05, 0.1) is 10.0 Å². The molecular formula is C13H17Cl2NO2. The fourth-order valence-corrected chi connectivity index (χ4v) is 2.22. The van der Waals surface area contributed by atoms with E-state index in [9.17, 15) is 4.79 Å². The maximum atomic E-state index is 11.1. The Morgan fingerprint density at radius 2 is 2.00 bits per heavy atom. The number of likely N-dealkylation sites (N-methyl/N-ethyl adjacent to an activating group) is 1. The van der Waals surface area contributed by atoms with Crippen molar-refractivity contribution in [2.24, 2.45) is 0 Å². The molecule has 0 radical (unpaired) electrons. The molecule has 2 atom stereocenters. The van der Waals surface area contributed by atoms with Crippen LogP contribution in [0, 0.1) is 0 Å². The molecule has 0 aliphatic heterocycles. The molecule has 0 aliphatic rings. The third-order valence-corrected chi connectivity index (χ3v) is 3.94. The third kappa shape index (κ3) is 3.37. The van der Waals surface area contributed by atoms with E-state index >= 15 is 0 Å². The van der Waals surface area contributed by atoms with E-state index in [1.807, 2.05) is 24.8 Å². The number of carbonyl (C=O) groups is 1. The molecule has 0 fully saturated rings. The minimum Gasteiger partial charge on any atom is -0.480 e. The highest BCUT2D eigenvalue weighted by molar-refractivity contribution is 6.42. The second-order valence-corrected chi connectivity index (χ2v) is 5.09. The van der Waals surface area contributed by atoms with E-state index in [0.717, 1.165) is 5.56 Å². The Kier molecular flexibility index (Phi) is 5.45. The standard InChI is InChI=1S/C13H17Cl2NO2/c1-4-12(13(17)18)16(3)8(2)9-5-6-10(14)11(15)7-9/h5-8,12H,4H2,1-3H3,(H,17,18). The summed E-state index contributed by atoms with van der Waals surface area (Å²) in [5.74, 6) is -0.813. The summed E-state index contributed by atoms with van der Waals surface area (Å²) >= 11 is 11.8. The summed E-state index contributed by atoms with van der Waals surface area (Å²) in [5.41, 5.74) is 0.951. The van der Waals surface area contributed by atoms with Crippen molar-refractivity contribution >= 4 is 29.2 Å². The molecule has 100 valence electrons. The van der Waals surface area contributed by atoms with E-state index in [1.54, 1.807) is 19.2 Å². The van der Waals surface area contributed by atoms with Crippen molar-refractivity contribution < 1.29 is 9.90 Å². The lowest BCUT2D eigenvalue weighted by Crippen LogP contribution is -2.39. The van der Waals surface area contributed by atoms with Crippen molar-refractivity contribution in [3.05, 3.63) is 33.8 Å². The first-order chi connectivity index (χ1) is 8.38. The average Bonchev–Trinajstić information content (AvgIpc) is 2.32. The summed E-state index contributed by atoms with van der Waals surface area (Å²) in [6, 6.07) is 4.82. The Morgan fingerprint density at radius 1 is 1.39 bits per heavy atom. The Bertz CT molecular complexity index is 437. The highest BCUT2D eigenvalue weighted by atomic mass is 35.5. The van der Waals surface area contributed by atoms with Crippen molar-refractivity contribution in [3.8, 4) is 0 Å². The van der Waals surface area contributed by atoms with Crippen molar-refractivity contribution in [2.45, 2.75) is 32.4 Å². The van der Waals surface area contributed by atoms with Gasteiger partial charge in [0.2, 0.25) is 0 Å². The lowest BCUT2D eigenvalue weighted by Gasteiger charge is -2.30. The molecule has 1 rings (SSSR count). The smallest absolute Gasteiger partial charge is 0.320 e. The van der Waals surface area contributed by atoms with Crippen LogP contribution in [0.5, 0.6) is 0 Å². The minimum absolute atomic E-state index is 0.0409. The fourth-order valence-electron chi connectivity index (χ4n) is 1.91. The van der Waals surface area contributed by atoms with Gasteiger partial charge < -0.3 is 5.11 Å². The molecule has 5 heteroatoms. The second-order valence-electron chi connectivity index (χ2n) is 4.28. The van der Waals surface area contributed by atoms with E-state index in [1.165, 1.54) is 0 Å². The van der Waals surface area contributed by atoms with Crippen LogP contribution < -0.4 is 0 Å². The van der Waals surface area contributed by atoms with Crippen LogP contribution in [0.4, 0.5) is 0 Å². The van der Waals surface area contributed by atoms with Gasteiger partial charge in [-0.05, 0) is 38.1 Å². The number of halogens is 2. The Labute approximate surface area is 117 Å². The zero-order valence-electron chi connectivity index (χ0n) is 10.7. The Hall–Kier alpha value is -0.770. The molecule has 18 heavy (non-hydrogen) atoms. The van der Waals surface area contributed by atoms with Gasteiger partial charge in [-0.1, -0.05) is 36.2 Å². The fraction of sp³-hybridized carbons (Fsp3) is 0.462. The number of rotatable bonds is 5. The lowest BCUT2D eigenvalue weighted by atomic mass is 10.0. The zero-order chi connectivity index (χ0) is 13.9. The molecule has 3 nitrogen and oxygen atoms in total. The number of hydrogen-bond acceptors (Lipinski definition) is 2. The van der Waals surface area contributed by atoms with Gasteiger partial charge in [-0.3, -0.25) is 9.69 Å². The predicted molar refractivity (Wildman–Crippen MR) is 74.4 cm³/mol. The van der Waals surface area contributed by atoms with Crippen LogP contribution in [0.2, 0.25) is 10.0 Å². The maximum Gasteiger partial charge on any atom is 0.320 e. The van der Waals surface area contributed by atoms with E-state index in [2.05, 4.69) is 0 Å². The molecule has 0 aliphatic carbocycles. The van der Waals surface area contributed by atoms with Gasteiger partial charge in [-0.15, -0.1) is 0 Å². The van der Waals surface area contributed by atoms with Gasteiger partial charge in [0.25, 0.3) is 0 Å².